The highest BCUT2D eigenvalue weighted by Crippen LogP contribution is 2.42. The van der Waals surface area contributed by atoms with Gasteiger partial charge in [0.1, 0.15) is 11.5 Å². The van der Waals surface area contributed by atoms with E-state index in [0.29, 0.717) is 5.75 Å². The summed E-state index contributed by atoms with van der Waals surface area (Å²) in [6, 6.07) is 11.3. The summed E-state index contributed by atoms with van der Waals surface area (Å²) in [5.74, 6) is 0.629. The fourth-order valence-corrected chi connectivity index (χ4v) is 2.63. The standard InChI is InChI=1S/C20H26O2/c1-19(2,3)16-11-14(13-8-7-9-15(21)10-13)12-17(18(16)22)20(4,5)6/h7-12,21-22H,1-6H3. The van der Waals surface area contributed by atoms with Gasteiger partial charge in [0.25, 0.3) is 0 Å². The molecule has 2 nitrogen and oxygen atoms in total. The van der Waals surface area contributed by atoms with E-state index in [0.717, 1.165) is 22.3 Å². The number of aromatic hydroxyl groups is 2. The van der Waals surface area contributed by atoms with Crippen molar-refractivity contribution in [3.8, 4) is 22.6 Å². The van der Waals surface area contributed by atoms with Crippen molar-refractivity contribution in [2.45, 2.75) is 52.4 Å². The van der Waals surface area contributed by atoms with Crippen LogP contribution in [-0.4, -0.2) is 10.2 Å². The molecule has 2 N–H and O–H groups in total. The molecule has 0 heterocycles. The first kappa shape index (κ1) is 16.4. The zero-order chi connectivity index (χ0) is 16.7. The summed E-state index contributed by atoms with van der Waals surface area (Å²) in [6.45, 7) is 12.6. The average molecular weight is 298 g/mol. The highest BCUT2D eigenvalue weighted by atomic mass is 16.3. The van der Waals surface area contributed by atoms with Crippen molar-refractivity contribution >= 4 is 0 Å². The molecule has 0 saturated heterocycles. The molecule has 118 valence electrons. The summed E-state index contributed by atoms with van der Waals surface area (Å²) >= 11 is 0. The van der Waals surface area contributed by atoms with E-state index in [1.54, 1.807) is 12.1 Å². The smallest absolute Gasteiger partial charge is 0.123 e. The van der Waals surface area contributed by atoms with Gasteiger partial charge in [-0.2, -0.15) is 0 Å². The van der Waals surface area contributed by atoms with Gasteiger partial charge in [0, 0.05) is 11.1 Å². The maximum atomic E-state index is 10.7. The summed E-state index contributed by atoms with van der Waals surface area (Å²) in [5.41, 5.74) is 3.52. The Balaban J connectivity index is 2.76. The molecule has 0 aliphatic carbocycles. The zero-order valence-electron chi connectivity index (χ0n) is 14.4. The molecule has 2 aromatic carbocycles. The number of benzene rings is 2. The maximum Gasteiger partial charge on any atom is 0.123 e. The molecular formula is C20H26O2. The number of hydrogen-bond donors (Lipinski definition) is 2. The Bertz CT molecular complexity index is 651. The summed E-state index contributed by atoms with van der Waals surface area (Å²) < 4.78 is 0. The summed E-state index contributed by atoms with van der Waals surface area (Å²) in [5, 5.41) is 20.5. The van der Waals surface area contributed by atoms with Crippen molar-refractivity contribution in [2.24, 2.45) is 0 Å². The first-order chi connectivity index (χ1) is 10.00. The Hall–Kier alpha value is -1.96. The molecule has 2 heteroatoms. The maximum absolute atomic E-state index is 10.7. The summed E-state index contributed by atoms with van der Waals surface area (Å²) in [4.78, 5) is 0. The van der Waals surface area contributed by atoms with Gasteiger partial charge in [0.05, 0.1) is 0 Å². The number of rotatable bonds is 1. The molecule has 22 heavy (non-hydrogen) atoms. The lowest BCUT2D eigenvalue weighted by atomic mass is 9.78. The Morgan fingerprint density at radius 3 is 1.59 bits per heavy atom. The van der Waals surface area contributed by atoms with Gasteiger partial charge < -0.3 is 10.2 Å². The van der Waals surface area contributed by atoms with Crippen molar-refractivity contribution in [2.75, 3.05) is 0 Å². The van der Waals surface area contributed by atoms with Gasteiger partial charge in [-0.1, -0.05) is 53.7 Å². The third-order valence-corrected chi connectivity index (χ3v) is 3.91. The van der Waals surface area contributed by atoms with Gasteiger partial charge >= 0.3 is 0 Å². The van der Waals surface area contributed by atoms with Crippen LogP contribution in [0, 0.1) is 0 Å². The first-order valence-electron chi connectivity index (χ1n) is 7.67. The van der Waals surface area contributed by atoms with Gasteiger partial charge in [0.2, 0.25) is 0 Å². The minimum Gasteiger partial charge on any atom is -0.508 e. The molecular weight excluding hydrogens is 272 g/mol. The van der Waals surface area contributed by atoms with Crippen LogP contribution in [-0.2, 0) is 10.8 Å². The summed E-state index contributed by atoms with van der Waals surface area (Å²) in [6.07, 6.45) is 0. The second-order valence-electron chi connectivity index (χ2n) is 7.97. The molecule has 0 aliphatic rings. The fraction of sp³-hybridized carbons (Fsp3) is 0.400. The van der Waals surface area contributed by atoms with Gasteiger partial charge in [-0.15, -0.1) is 0 Å². The van der Waals surface area contributed by atoms with Gasteiger partial charge in [-0.05, 0) is 46.2 Å². The molecule has 0 aliphatic heterocycles. The first-order valence-corrected chi connectivity index (χ1v) is 7.67. The van der Waals surface area contributed by atoms with Crippen LogP contribution in [0.3, 0.4) is 0 Å². The van der Waals surface area contributed by atoms with Gasteiger partial charge in [-0.3, -0.25) is 0 Å². The lowest BCUT2D eigenvalue weighted by Gasteiger charge is -2.28. The van der Waals surface area contributed by atoms with Crippen LogP contribution in [0.2, 0.25) is 0 Å². The lowest BCUT2D eigenvalue weighted by Crippen LogP contribution is -2.17. The molecule has 0 amide bonds. The van der Waals surface area contributed by atoms with E-state index < -0.39 is 0 Å². The predicted molar refractivity (Wildman–Crippen MR) is 92.6 cm³/mol. The lowest BCUT2D eigenvalue weighted by molar-refractivity contribution is 0.423. The Labute approximate surface area is 133 Å². The highest BCUT2D eigenvalue weighted by Gasteiger charge is 2.26. The quantitative estimate of drug-likeness (QED) is 0.744. The summed E-state index contributed by atoms with van der Waals surface area (Å²) in [7, 11) is 0. The topological polar surface area (TPSA) is 40.5 Å². The molecule has 0 bridgehead atoms. The Morgan fingerprint density at radius 2 is 1.18 bits per heavy atom. The number of phenolic OH excluding ortho intramolecular Hbond substituents is 2. The van der Waals surface area contributed by atoms with E-state index in [9.17, 15) is 10.2 Å². The number of phenols is 2. The second-order valence-corrected chi connectivity index (χ2v) is 7.97. The van der Waals surface area contributed by atoms with Gasteiger partial charge in [-0.25, -0.2) is 0 Å². The van der Waals surface area contributed by atoms with E-state index in [1.807, 2.05) is 24.3 Å². The van der Waals surface area contributed by atoms with E-state index in [4.69, 9.17) is 0 Å². The molecule has 0 atom stereocenters. The van der Waals surface area contributed by atoms with Crippen LogP contribution in [0.25, 0.3) is 11.1 Å². The normalized spacial score (nSPS) is 12.5. The molecule has 0 radical (unpaired) electrons. The minimum atomic E-state index is -0.156. The monoisotopic (exact) mass is 298 g/mol. The van der Waals surface area contributed by atoms with E-state index in [2.05, 4.69) is 41.5 Å². The van der Waals surface area contributed by atoms with Gasteiger partial charge in [0.15, 0.2) is 0 Å². The minimum absolute atomic E-state index is 0.156. The largest absolute Gasteiger partial charge is 0.508 e. The van der Waals surface area contributed by atoms with E-state index in [-0.39, 0.29) is 16.6 Å². The Morgan fingerprint density at radius 1 is 0.682 bits per heavy atom. The van der Waals surface area contributed by atoms with Crippen LogP contribution in [0.5, 0.6) is 11.5 Å². The van der Waals surface area contributed by atoms with Crippen LogP contribution in [0.4, 0.5) is 0 Å². The second kappa shape index (κ2) is 5.35. The molecule has 0 saturated carbocycles. The van der Waals surface area contributed by atoms with Crippen molar-refractivity contribution in [3.05, 3.63) is 47.5 Å². The molecule has 0 fully saturated rings. The molecule has 0 spiro atoms. The van der Waals surface area contributed by atoms with E-state index >= 15 is 0 Å². The van der Waals surface area contributed by atoms with Crippen LogP contribution in [0.15, 0.2) is 36.4 Å². The fourth-order valence-electron chi connectivity index (χ4n) is 2.63. The van der Waals surface area contributed by atoms with Crippen LogP contribution >= 0.6 is 0 Å². The van der Waals surface area contributed by atoms with E-state index in [1.165, 1.54) is 0 Å². The van der Waals surface area contributed by atoms with Crippen LogP contribution in [0.1, 0.15) is 52.7 Å². The van der Waals surface area contributed by atoms with Crippen molar-refractivity contribution in [1.29, 1.82) is 0 Å². The third kappa shape index (κ3) is 3.27. The SMILES string of the molecule is CC(C)(C)c1cc(-c2cccc(O)c2)cc(C(C)(C)C)c1O. The zero-order valence-corrected chi connectivity index (χ0v) is 14.4. The highest BCUT2D eigenvalue weighted by molar-refractivity contribution is 5.70. The molecule has 2 aromatic rings. The van der Waals surface area contributed by atoms with Crippen LogP contribution < -0.4 is 0 Å². The van der Waals surface area contributed by atoms with Crippen molar-refractivity contribution < 1.29 is 10.2 Å². The van der Waals surface area contributed by atoms with Crippen molar-refractivity contribution in [1.82, 2.24) is 0 Å². The molecule has 0 unspecified atom stereocenters. The third-order valence-electron chi connectivity index (χ3n) is 3.91. The number of hydrogen-bond acceptors (Lipinski definition) is 2. The molecule has 0 aromatic heterocycles. The van der Waals surface area contributed by atoms with Crippen molar-refractivity contribution in [3.63, 3.8) is 0 Å². The molecule has 2 rings (SSSR count). The predicted octanol–water partition coefficient (Wildman–Crippen LogP) is 5.36. The average Bonchev–Trinajstić information content (AvgIpc) is 2.36. The Kier molecular flexibility index (Phi) is 3.99.